The zero-order valence-electron chi connectivity index (χ0n) is 10.7. The summed E-state index contributed by atoms with van der Waals surface area (Å²) in [5.74, 6) is 0.836. The van der Waals surface area contributed by atoms with E-state index < -0.39 is 0 Å². The average molecular weight is 249 g/mol. The molecule has 0 atom stereocenters. The molecular formula is C17H15NO. The molecule has 3 rings (SSSR count). The minimum absolute atomic E-state index is 0.244. The van der Waals surface area contributed by atoms with Crippen LogP contribution >= 0.6 is 0 Å². The van der Waals surface area contributed by atoms with Crippen molar-refractivity contribution < 1.29 is 4.74 Å². The van der Waals surface area contributed by atoms with Crippen molar-refractivity contribution in [3.05, 3.63) is 65.7 Å². The van der Waals surface area contributed by atoms with Gasteiger partial charge in [-0.25, -0.2) is 0 Å². The Labute approximate surface area is 113 Å². The second-order valence-corrected chi connectivity index (χ2v) is 5.00. The van der Waals surface area contributed by atoms with Gasteiger partial charge < -0.3 is 4.74 Å². The lowest BCUT2D eigenvalue weighted by Crippen LogP contribution is -2.03. The lowest BCUT2D eigenvalue weighted by Gasteiger charge is -2.10. The molecule has 1 fully saturated rings. The van der Waals surface area contributed by atoms with E-state index in [1.165, 1.54) is 0 Å². The molecule has 1 aliphatic rings. The van der Waals surface area contributed by atoms with Crippen molar-refractivity contribution in [2.24, 2.45) is 0 Å². The highest BCUT2D eigenvalue weighted by Crippen LogP contribution is 2.48. The van der Waals surface area contributed by atoms with Gasteiger partial charge in [-0.05, 0) is 36.1 Å². The summed E-state index contributed by atoms with van der Waals surface area (Å²) in [5.41, 5.74) is 1.99. The van der Waals surface area contributed by atoms with Crippen molar-refractivity contribution in [1.82, 2.24) is 0 Å². The van der Waals surface area contributed by atoms with Crippen molar-refractivity contribution in [3.63, 3.8) is 0 Å². The van der Waals surface area contributed by atoms with Gasteiger partial charge in [-0.1, -0.05) is 42.5 Å². The van der Waals surface area contributed by atoms with Gasteiger partial charge in [0, 0.05) is 0 Å². The molecule has 2 heteroatoms. The number of ether oxygens (including phenoxy) is 1. The zero-order chi connectivity index (χ0) is 13.1. The summed E-state index contributed by atoms with van der Waals surface area (Å²) < 4.78 is 5.79. The molecule has 0 unspecified atom stereocenters. The predicted molar refractivity (Wildman–Crippen MR) is 73.7 cm³/mol. The van der Waals surface area contributed by atoms with Crippen molar-refractivity contribution in [3.8, 4) is 11.8 Å². The normalized spacial score (nSPS) is 15.5. The molecule has 0 N–H and O–H groups in total. The van der Waals surface area contributed by atoms with E-state index >= 15 is 0 Å². The first-order valence-corrected chi connectivity index (χ1v) is 6.51. The number of hydrogen-bond acceptors (Lipinski definition) is 2. The highest BCUT2D eigenvalue weighted by molar-refractivity contribution is 5.42. The molecule has 0 spiro atoms. The third-order valence-corrected chi connectivity index (χ3v) is 3.60. The van der Waals surface area contributed by atoms with Crippen LogP contribution in [-0.2, 0) is 12.0 Å². The second-order valence-electron chi connectivity index (χ2n) is 5.00. The summed E-state index contributed by atoms with van der Waals surface area (Å²) in [7, 11) is 0. The monoisotopic (exact) mass is 249 g/mol. The molecule has 0 bridgehead atoms. The third-order valence-electron chi connectivity index (χ3n) is 3.60. The maximum Gasteiger partial charge on any atom is 0.120 e. The molecule has 0 aliphatic heterocycles. The SMILES string of the molecule is N#CC1(c2cccc(OCc3ccccc3)c2)CC1. The van der Waals surface area contributed by atoms with E-state index in [0.717, 1.165) is 29.7 Å². The molecule has 0 aromatic heterocycles. The van der Waals surface area contributed by atoms with Crippen LogP contribution in [0.25, 0.3) is 0 Å². The van der Waals surface area contributed by atoms with Gasteiger partial charge in [0.05, 0.1) is 11.5 Å². The summed E-state index contributed by atoms with van der Waals surface area (Å²) >= 11 is 0. The first kappa shape index (κ1) is 11.8. The number of rotatable bonds is 4. The summed E-state index contributed by atoms with van der Waals surface area (Å²) in [4.78, 5) is 0. The smallest absolute Gasteiger partial charge is 0.120 e. The molecule has 0 radical (unpaired) electrons. The summed E-state index contributed by atoms with van der Waals surface area (Å²) in [6, 6.07) is 20.4. The number of benzene rings is 2. The molecule has 1 saturated carbocycles. The summed E-state index contributed by atoms with van der Waals surface area (Å²) in [6.45, 7) is 0.559. The van der Waals surface area contributed by atoms with Crippen LogP contribution in [0.4, 0.5) is 0 Å². The fourth-order valence-electron chi connectivity index (χ4n) is 2.21. The van der Waals surface area contributed by atoms with Crippen molar-refractivity contribution in [2.75, 3.05) is 0 Å². The molecule has 94 valence electrons. The molecule has 19 heavy (non-hydrogen) atoms. The Bertz CT molecular complexity index is 609. The van der Waals surface area contributed by atoms with Crippen molar-refractivity contribution in [1.29, 1.82) is 5.26 Å². The van der Waals surface area contributed by atoms with Gasteiger partial charge in [0.2, 0.25) is 0 Å². The van der Waals surface area contributed by atoms with E-state index in [2.05, 4.69) is 6.07 Å². The number of hydrogen-bond donors (Lipinski definition) is 0. The first-order chi connectivity index (χ1) is 9.32. The Balaban J connectivity index is 1.72. The van der Waals surface area contributed by atoms with Crippen LogP contribution in [0.2, 0.25) is 0 Å². The molecule has 1 aliphatic carbocycles. The molecule has 0 heterocycles. The van der Waals surface area contributed by atoms with Crippen LogP contribution in [0.1, 0.15) is 24.0 Å². The van der Waals surface area contributed by atoms with Gasteiger partial charge in [-0.15, -0.1) is 0 Å². The van der Waals surface area contributed by atoms with Gasteiger partial charge in [0.1, 0.15) is 12.4 Å². The van der Waals surface area contributed by atoms with Crippen molar-refractivity contribution in [2.45, 2.75) is 24.9 Å². The molecular weight excluding hydrogens is 234 g/mol. The maximum absolute atomic E-state index is 9.22. The molecule has 2 aromatic rings. The van der Waals surface area contributed by atoms with E-state index in [1.54, 1.807) is 0 Å². The lowest BCUT2D eigenvalue weighted by molar-refractivity contribution is 0.306. The van der Waals surface area contributed by atoms with Gasteiger partial charge in [0.25, 0.3) is 0 Å². The number of nitrogens with zero attached hydrogens (tertiary/aromatic N) is 1. The maximum atomic E-state index is 9.22. The van der Waals surface area contributed by atoms with Crippen LogP contribution in [-0.4, -0.2) is 0 Å². The lowest BCUT2D eigenvalue weighted by atomic mass is 9.98. The Morgan fingerprint density at radius 2 is 1.84 bits per heavy atom. The highest BCUT2D eigenvalue weighted by Gasteiger charge is 2.44. The standard InChI is InChI=1S/C17H15NO/c18-13-17(9-10-17)15-7-4-8-16(11-15)19-12-14-5-2-1-3-6-14/h1-8,11H,9-10,12H2. The molecule has 2 aromatic carbocycles. The average Bonchev–Trinajstić information content (AvgIpc) is 3.28. The largest absolute Gasteiger partial charge is 0.489 e. The minimum Gasteiger partial charge on any atom is -0.489 e. The second kappa shape index (κ2) is 4.78. The van der Waals surface area contributed by atoms with Gasteiger partial charge in [0.15, 0.2) is 0 Å². The fourth-order valence-corrected chi connectivity index (χ4v) is 2.21. The van der Waals surface area contributed by atoms with Crippen LogP contribution in [0.5, 0.6) is 5.75 Å². The Morgan fingerprint density at radius 1 is 1.05 bits per heavy atom. The zero-order valence-corrected chi connectivity index (χ0v) is 10.7. The topological polar surface area (TPSA) is 33.0 Å². The van der Waals surface area contributed by atoms with Crippen LogP contribution in [0, 0.1) is 11.3 Å². The van der Waals surface area contributed by atoms with Crippen LogP contribution in [0.15, 0.2) is 54.6 Å². The molecule has 0 amide bonds. The van der Waals surface area contributed by atoms with Gasteiger partial charge in [-0.2, -0.15) is 5.26 Å². The van der Waals surface area contributed by atoms with Gasteiger partial charge >= 0.3 is 0 Å². The fraction of sp³-hybridized carbons (Fsp3) is 0.235. The van der Waals surface area contributed by atoms with E-state index in [0.29, 0.717) is 6.61 Å². The highest BCUT2D eigenvalue weighted by atomic mass is 16.5. The number of nitriles is 1. The van der Waals surface area contributed by atoms with Crippen LogP contribution < -0.4 is 4.74 Å². The summed E-state index contributed by atoms with van der Waals surface area (Å²) in [6.07, 6.45) is 1.93. The minimum atomic E-state index is -0.244. The van der Waals surface area contributed by atoms with Crippen LogP contribution in [0.3, 0.4) is 0 Å². The Hall–Kier alpha value is -2.27. The molecule has 0 saturated heterocycles. The predicted octanol–water partition coefficient (Wildman–Crippen LogP) is 3.82. The van der Waals surface area contributed by atoms with Crippen molar-refractivity contribution >= 4 is 0 Å². The Kier molecular flexibility index (Phi) is 2.97. The van der Waals surface area contributed by atoms with E-state index in [1.807, 2.05) is 54.6 Å². The van der Waals surface area contributed by atoms with E-state index in [-0.39, 0.29) is 5.41 Å². The van der Waals surface area contributed by atoms with E-state index in [9.17, 15) is 5.26 Å². The van der Waals surface area contributed by atoms with Gasteiger partial charge in [-0.3, -0.25) is 0 Å². The first-order valence-electron chi connectivity index (χ1n) is 6.51. The summed E-state index contributed by atoms with van der Waals surface area (Å²) in [5, 5.41) is 9.22. The quantitative estimate of drug-likeness (QED) is 0.825. The molecule has 2 nitrogen and oxygen atoms in total. The Morgan fingerprint density at radius 3 is 2.53 bits per heavy atom. The third kappa shape index (κ3) is 2.46. The van der Waals surface area contributed by atoms with E-state index in [4.69, 9.17) is 4.74 Å².